The summed E-state index contributed by atoms with van der Waals surface area (Å²) in [5, 5.41) is 1.90. The Morgan fingerprint density at radius 3 is 2.64 bits per heavy atom. The van der Waals surface area contributed by atoms with Crippen molar-refractivity contribution in [1.82, 2.24) is 18.6 Å². The molecular weight excluding hydrogens is 410 g/mol. The maximum absolute atomic E-state index is 13.9. The van der Waals surface area contributed by atoms with E-state index in [0.29, 0.717) is 11.8 Å². The molecule has 1 aromatic carbocycles. The van der Waals surface area contributed by atoms with Crippen LogP contribution in [0.4, 0.5) is 8.78 Å². The molecule has 1 amide bonds. The number of benzene rings is 1. The second-order valence-corrected chi connectivity index (χ2v) is 9.14. The van der Waals surface area contributed by atoms with Crippen molar-refractivity contribution in [3.63, 3.8) is 0 Å². The third-order valence-corrected chi connectivity index (χ3v) is 7.26. The van der Waals surface area contributed by atoms with Crippen LogP contribution in [0.1, 0.15) is 5.69 Å². The second kappa shape index (κ2) is 7.22. The van der Waals surface area contributed by atoms with E-state index in [4.69, 9.17) is 0 Å². The number of halogens is 2. The van der Waals surface area contributed by atoms with Crippen molar-refractivity contribution < 1.29 is 22.0 Å². The molecule has 0 unspecified atom stereocenters. The highest BCUT2D eigenvalue weighted by atomic mass is 32.2. The first-order valence-electron chi connectivity index (χ1n) is 8.48. The fourth-order valence-electron chi connectivity index (χ4n) is 3.12. The lowest BCUT2D eigenvalue weighted by Crippen LogP contribution is -2.51. The van der Waals surface area contributed by atoms with Crippen molar-refractivity contribution >= 4 is 32.2 Å². The average molecular weight is 426 g/mol. The number of imidazole rings is 1. The molecule has 0 N–H and O–H groups in total. The SMILES string of the molecule is O=C(Cc1cn2ccsc2n1)N1CCN(S(=O)(=O)c2cc(F)ccc2F)CC1. The van der Waals surface area contributed by atoms with Crippen LogP contribution >= 0.6 is 11.3 Å². The third-order valence-electron chi connectivity index (χ3n) is 4.58. The van der Waals surface area contributed by atoms with Crippen LogP contribution in [0.25, 0.3) is 4.96 Å². The molecule has 0 bridgehead atoms. The predicted molar refractivity (Wildman–Crippen MR) is 98.5 cm³/mol. The molecule has 4 rings (SSSR count). The number of carbonyl (C=O) groups excluding carboxylic acids is 1. The summed E-state index contributed by atoms with van der Waals surface area (Å²) in [5.41, 5.74) is 0.647. The van der Waals surface area contributed by atoms with E-state index in [-0.39, 0.29) is 38.5 Å². The number of hydrogen-bond donors (Lipinski definition) is 0. The Bertz CT molecular complexity index is 1110. The lowest BCUT2D eigenvalue weighted by atomic mass is 10.2. The molecular formula is C17H16F2N4O3S2. The summed E-state index contributed by atoms with van der Waals surface area (Å²) in [4.78, 5) is 18.5. The number of amides is 1. The van der Waals surface area contributed by atoms with Crippen LogP contribution in [0.3, 0.4) is 0 Å². The van der Waals surface area contributed by atoms with E-state index in [0.717, 1.165) is 21.4 Å². The van der Waals surface area contributed by atoms with Crippen molar-refractivity contribution in [3.8, 4) is 0 Å². The molecule has 1 aliphatic rings. The monoisotopic (exact) mass is 426 g/mol. The fourth-order valence-corrected chi connectivity index (χ4v) is 5.34. The maximum atomic E-state index is 13.9. The summed E-state index contributed by atoms with van der Waals surface area (Å²) in [7, 11) is -4.17. The molecule has 2 aromatic heterocycles. The van der Waals surface area contributed by atoms with Crippen molar-refractivity contribution in [2.24, 2.45) is 0 Å². The normalized spacial score (nSPS) is 16.0. The maximum Gasteiger partial charge on any atom is 0.246 e. The van der Waals surface area contributed by atoms with Crippen LogP contribution in [0.15, 0.2) is 40.9 Å². The second-order valence-electron chi connectivity index (χ2n) is 6.36. The molecule has 11 heteroatoms. The number of carbonyl (C=O) groups is 1. The molecule has 0 aliphatic carbocycles. The average Bonchev–Trinajstić information content (AvgIpc) is 3.25. The highest BCUT2D eigenvalue weighted by Gasteiger charge is 2.32. The molecule has 0 saturated carbocycles. The summed E-state index contributed by atoms with van der Waals surface area (Å²) in [6.07, 6.45) is 3.77. The van der Waals surface area contributed by atoms with Gasteiger partial charge in [0.15, 0.2) is 4.96 Å². The lowest BCUT2D eigenvalue weighted by Gasteiger charge is -2.34. The standard InChI is InChI=1S/C17H16F2N4O3S2/c18-12-1-2-14(19)15(9-12)28(25,26)23-5-3-21(4-6-23)16(24)10-13-11-22-7-8-27-17(22)20-13/h1-2,7-9,11H,3-6,10H2. The van der Waals surface area contributed by atoms with Crippen LogP contribution in [-0.2, 0) is 21.2 Å². The Hall–Kier alpha value is -2.37. The molecule has 0 spiro atoms. The van der Waals surface area contributed by atoms with Gasteiger partial charge in [0.05, 0.1) is 12.1 Å². The smallest absolute Gasteiger partial charge is 0.246 e. The number of piperazine rings is 1. The molecule has 3 aromatic rings. The highest BCUT2D eigenvalue weighted by molar-refractivity contribution is 7.89. The first-order chi connectivity index (χ1) is 13.3. The molecule has 7 nitrogen and oxygen atoms in total. The summed E-state index contributed by atoms with van der Waals surface area (Å²) in [6.45, 7) is 0.388. The van der Waals surface area contributed by atoms with Crippen molar-refractivity contribution in [3.05, 3.63) is 53.3 Å². The zero-order valence-corrected chi connectivity index (χ0v) is 16.2. The van der Waals surface area contributed by atoms with E-state index in [1.165, 1.54) is 11.3 Å². The van der Waals surface area contributed by atoms with Gasteiger partial charge in [0.2, 0.25) is 15.9 Å². The van der Waals surface area contributed by atoms with Crippen LogP contribution < -0.4 is 0 Å². The zero-order valence-electron chi connectivity index (χ0n) is 14.6. The summed E-state index contributed by atoms with van der Waals surface area (Å²) < 4.78 is 55.4. The number of aromatic nitrogens is 2. The van der Waals surface area contributed by atoms with Gasteiger partial charge < -0.3 is 4.90 Å². The summed E-state index contributed by atoms with van der Waals surface area (Å²) in [6, 6.07) is 2.33. The van der Waals surface area contributed by atoms with Gasteiger partial charge in [0, 0.05) is 44.0 Å². The Morgan fingerprint density at radius 1 is 1.18 bits per heavy atom. The van der Waals surface area contributed by atoms with Gasteiger partial charge >= 0.3 is 0 Å². The van der Waals surface area contributed by atoms with Gasteiger partial charge in [-0.3, -0.25) is 9.20 Å². The number of nitrogens with zero attached hydrogens (tertiary/aromatic N) is 4. The molecule has 0 radical (unpaired) electrons. The summed E-state index contributed by atoms with van der Waals surface area (Å²) in [5.74, 6) is -1.98. The first-order valence-corrected chi connectivity index (χ1v) is 10.8. The molecule has 3 heterocycles. The largest absolute Gasteiger partial charge is 0.340 e. The Kier molecular flexibility index (Phi) is 4.89. The first kappa shape index (κ1) is 19.0. The van der Waals surface area contributed by atoms with Gasteiger partial charge in [-0.05, 0) is 18.2 Å². The number of sulfonamides is 1. The summed E-state index contributed by atoms with van der Waals surface area (Å²) >= 11 is 1.47. The minimum Gasteiger partial charge on any atom is -0.340 e. The number of rotatable bonds is 4. The highest BCUT2D eigenvalue weighted by Crippen LogP contribution is 2.22. The predicted octanol–water partition coefficient (Wildman–Crippen LogP) is 1.75. The van der Waals surface area contributed by atoms with E-state index >= 15 is 0 Å². The molecule has 28 heavy (non-hydrogen) atoms. The molecule has 1 saturated heterocycles. The molecule has 148 valence electrons. The molecule has 0 atom stereocenters. The minimum atomic E-state index is -4.17. The zero-order chi connectivity index (χ0) is 19.9. The topological polar surface area (TPSA) is 75.0 Å². The third kappa shape index (κ3) is 3.52. The van der Waals surface area contributed by atoms with Gasteiger partial charge in [-0.1, -0.05) is 0 Å². The van der Waals surface area contributed by atoms with Crippen LogP contribution in [0.2, 0.25) is 0 Å². The van der Waals surface area contributed by atoms with Crippen LogP contribution in [-0.4, -0.2) is 59.1 Å². The molecule has 1 fully saturated rings. The quantitative estimate of drug-likeness (QED) is 0.637. The van der Waals surface area contributed by atoms with Crippen LogP contribution in [0, 0.1) is 11.6 Å². The van der Waals surface area contributed by atoms with E-state index in [1.54, 1.807) is 11.1 Å². The Labute approximate surface area is 163 Å². The van der Waals surface area contributed by atoms with Gasteiger partial charge in [0.25, 0.3) is 0 Å². The van der Waals surface area contributed by atoms with E-state index in [2.05, 4.69) is 4.98 Å². The van der Waals surface area contributed by atoms with Gasteiger partial charge in [-0.2, -0.15) is 4.31 Å². The Morgan fingerprint density at radius 2 is 1.93 bits per heavy atom. The van der Waals surface area contributed by atoms with Crippen LogP contribution in [0.5, 0.6) is 0 Å². The van der Waals surface area contributed by atoms with Gasteiger partial charge in [-0.15, -0.1) is 11.3 Å². The van der Waals surface area contributed by atoms with E-state index in [1.807, 2.05) is 16.0 Å². The van der Waals surface area contributed by atoms with Crippen molar-refractivity contribution in [2.75, 3.05) is 26.2 Å². The van der Waals surface area contributed by atoms with E-state index < -0.39 is 26.6 Å². The van der Waals surface area contributed by atoms with Crippen molar-refractivity contribution in [1.29, 1.82) is 0 Å². The van der Waals surface area contributed by atoms with E-state index in [9.17, 15) is 22.0 Å². The molecule has 1 aliphatic heterocycles. The van der Waals surface area contributed by atoms with Gasteiger partial charge in [-0.25, -0.2) is 22.2 Å². The number of hydrogen-bond acceptors (Lipinski definition) is 5. The Balaban J connectivity index is 1.41. The lowest BCUT2D eigenvalue weighted by molar-refractivity contribution is -0.131. The number of thiazole rings is 1. The fraction of sp³-hybridized carbons (Fsp3) is 0.294. The minimum absolute atomic E-state index is 0.0162. The van der Waals surface area contributed by atoms with Gasteiger partial charge in [0.1, 0.15) is 16.5 Å². The number of fused-ring (bicyclic) bond motifs is 1. The van der Waals surface area contributed by atoms with Crippen molar-refractivity contribution in [2.45, 2.75) is 11.3 Å².